The van der Waals surface area contributed by atoms with E-state index >= 15 is 0 Å². The van der Waals surface area contributed by atoms with E-state index in [1.165, 1.54) is 18.4 Å². The third-order valence-corrected chi connectivity index (χ3v) is 3.20. The van der Waals surface area contributed by atoms with E-state index in [1.807, 2.05) is 18.2 Å². The number of fused-ring (bicyclic) bond motifs is 1. The Labute approximate surface area is 100 Å². The van der Waals surface area contributed by atoms with Gasteiger partial charge in [-0.1, -0.05) is 11.6 Å². The van der Waals surface area contributed by atoms with Crippen LogP contribution < -0.4 is 5.32 Å². The summed E-state index contributed by atoms with van der Waals surface area (Å²) in [6, 6.07) is 8.58. The van der Waals surface area contributed by atoms with Crippen LogP contribution in [0.25, 0.3) is 11.0 Å². The van der Waals surface area contributed by atoms with Gasteiger partial charge in [-0.25, -0.2) is 0 Å². The highest BCUT2D eigenvalue weighted by Gasteiger charge is 2.22. The lowest BCUT2D eigenvalue weighted by atomic mass is 10.1. The monoisotopic (exact) mass is 231 g/mol. The first-order valence-corrected chi connectivity index (χ1v) is 6.14. The fraction of sp³-hybridized carbons (Fsp3) is 0.429. The first-order chi connectivity index (χ1) is 8.22. The Morgan fingerprint density at radius 3 is 3.00 bits per heavy atom. The summed E-state index contributed by atoms with van der Waals surface area (Å²) < 4.78 is 5.65. The van der Waals surface area contributed by atoms with Crippen molar-refractivity contribution in [2.24, 2.45) is 0 Å². The minimum atomic E-state index is -0.552. The average Bonchev–Trinajstić information content (AvgIpc) is 3.04. The molecule has 3 nitrogen and oxygen atoms in total. The van der Waals surface area contributed by atoms with Crippen LogP contribution in [0.5, 0.6) is 0 Å². The molecule has 1 unspecified atom stereocenters. The molecule has 1 aliphatic carbocycles. The largest absolute Gasteiger partial charge is 0.458 e. The molecule has 90 valence electrons. The van der Waals surface area contributed by atoms with Crippen LogP contribution in [0.3, 0.4) is 0 Å². The van der Waals surface area contributed by atoms with Crippen molar-refractivity contribution < 1.29 is 9.52 Å². The second-order valence-corrected chi connectivity index (χ2v) is 4.89. The molecule has 2 N–H and O–H groups in total. The summed E-state index contributed by atoms with van der Waals surface area (Å²) in [6.07, 6.45) is 1.90. The Bertz CT molecular complexity index is 528. The van der Waals surface area contributed by atoms with Crippen LogP contribution in [-0.4, -0.2) is 17.7 Å². The maximum Gasteiger partial charge on any atom is 0.135 e. The summed E-state index contributed by atoms with van der Waals surface area (Å²) in [5.74, 6) is 0.652. The number of nitrogens with one attached hydrogen (secondary N) is 1. The van der Waals surface area contributed by atoms with Crippen LogP contribution in [0.15, 0.2) is 28.7 Å². The molecule has 0 saturated heterocycles. The summed E-state index contributed by atoms with van der Waals surface area (Å²) in [6.45, 7) is 2.63. The van der Waals surface area contributed by atoms with Crippen molar-refractivity contribution in [1.82, 2.24) is 5.32 Å². The molecule has 1 aliphatic rings. The number of aliphatic hydroxyl groups excluding tert-OH is 1. The first kappa shape index (κ1) is 10.8. The zero-order chi connectivity index (χ0) is 11.8. The molecule has 1 atom stereocenters. The standard InChI is InChI=1S/C14H17NO2/c1-9-2-5-13-10(6-9)7-14(17-13)12(16)8-15-11-3-4-11/h2,5-7,11-12,15-16H,3-4,8H2,1H3. The van der Waals surface area contributed by atoms with Gasteiger partial charge in [-0.2, -0.15) is 0 Å². The van der Waals surface area contributed by atoms with E-state index in [0.29, 0.717) is 18.3 Å². The van der Waals surface area contributed by atoms with Crippen LogP contribution in [0, 0.1) is 6.92 Å². The minimum absolute atomic E-state index is 0.552. The summed E-state index contributed by atoms with van der Waals surface area (Å²) >= 11 is 0. The molecule has 1 heterocycles. The second kappa shape index (κ2) is 4.17. The molecule has 1 aromatic carbocycles. The van der Waals surface area contributed by atoms with Crippen LogP contribution in [0.2, 0.25) is 0 Å². The van der Waals surface area contributed by atoms with Gasteiger partial charge in [-0.05, 0) is 38.0 Å². The van der Waals surface area contributed by atoms with Gasteiger partial charge in [0, 0.05) is 18.0 Å². The highest BCUT2D eigenvalue weighted by molar-refractivity contribution is 5.78. The molecule has 0 aliphatic heterocycles. The molecule has 2 aromatic rings. The first-order valence-electron chi connectivity index (χ1n) is 6.14. The van der Waals surface area contributed by atoms with Crippen molar-refractivity contribution in [1.29, 1.82) is 0 Å². The lowest BCUT2D eigenvalue weighted by Gasteiger charge is -2.07. The Hall–Kier alpha value is -1.32. The highest BCUT2D eigenvalue weighted by Crippen LogP contribution is 2.25. The van der Waals surface area contributed by atoms with E-state index in [1.54, 1.807) is 0 Å². The SMILES string of the molecule is Cc1ccc2oc(C(O)CNC3CC3)cc2c1. The van der Waals surface area contributed by atoms with Gasteiger partial charge in [-0.15, -0.1) is 0 Å². The molecule has 1 fully saturated rings. The maximum atomic E-state index is 10.0. The quantitative estimate of drug-likeness (QED) is 0.850. The van der Waals surface area contributed by atoms with Crippen molar-refractivity contribution in [3.8, 4) is 0 Å². The highest BCUT2D eigenvalue weighted by atomic mass is 16.4. The lowest BCUT2D eigenvalue weighted by molar-refractivity contribution is 0.149. The zero-order valence-corrected chi connectivity index (χ0v) is 9.94. The number of aliphatic hydroxyl groups is 1. The molecular formula is C14H17NO2. The molecule has 17 heavy (non-hydrogen) atoms. The van der Waals surface area contributed by atoms with Gasteiger partial charge >= 0.3 is 0 Å². The van der Waals surface area contributed by atoms with E-state index in [-0.39, 0.29) is 0 Å². The minimum Gasteiger partial charge on any atom is -0.458 e. The van der Waals surface area contributed by atoms with Gasteiger partial charge in [0.15, 0.2) is 0 Å². The third-order valence-electron chi connectivity index (χ3n) is 3.20. The summed E-state index contributed by atoms with van der Waals surface area (Å²) in [4.78, 5) is 0. The fourth-order valence-corrected chi connectivity index (χ4v) is 2.01. The second-order valence-electron chi connectivity index (χ2n) is 4.89. The number of furan rings is 1. The van der Waals surface area contributed by atoms with Crippen molar-refractivity contribution in [3.63, 3.8) is 0 Å². The molecule has 1 saturated carbocycles. The predicted molar refractivity (Wildman–Crippen MR) is 66.9 cm³/mol. The Morgan fingerprint density at radius 2 is 2.24 bits per heavy atom. The molecule has 0 amide bonds. The Kier molecular flexibility index (Phi) is 2.65. The summed E-state index contributed by atoms with van der Waals surface area (Å²) in [5, 5.41) is 14.4. The Morgan fingerprint density at radius 1 is 1.41 bits per heavy atom. The van der Waals surface area contributed by atoms with Crippen molar-refractivity contribution >= 4 is 11.0 Å². The van der Waals surface area contributed by atoms with Gasteiger partial charge in [0.2, 0.25) is 0 Å². The van der Waals surface area contributed by atoms with E-state index in [0.717, 1.165) is 11.0 Å². The third kappa shape index (κ3) is 2.35. The van der Waals surface area contributed by atoms with Gasteiger partial charge in [-0.3, -0.25) is 0 Å². The van der Waals surface area contributed by atoms with E-state index in [4.69, 9.17) is 4.42 Å². The molecule has 0 bridgehead atoms. The summed E-state index contributed by atoms with van der Waals surface area (Å²) in [5.41, 5.74) is 2.05. The zero-order valence-electron chi connectivity index (χ0n) is 9.94. The topological polar surface area (TPSA) is 45.4 Å². The van der Waals surface area contributed by atoms with Crippen LogP contribution in [0.1, 0.15) is 30.3 Å². The van der Waals surface area contributed by atoms with Gasteiger partial charge in [0.05, 0.1) is 0 Å². The van der Waals surface area contributed by atoms with Crippen LogP contribution in [0.4, 0.5) is 0 Å². The fourth-order valence-electron chi connectivity index (χ4n) is 2.01. The number of hydrogen-bond donors (Lipinski definition) is 2. The smallest absolute Gasteiger partial charge is 0.135 e. The van der Waals surface area contributed by atoms with Crippen LogP contribution in [-0.2, 0) is 0 Å². The van der Waals surface area contributed by atoms with Crippen molar-refractivity contribution in [2.45, 2.75) is 31.9 Å². The number of rotatable bonds is 4. The molecular weight excluding hydrogens is 214 g/mol. The molecule has 3 heteroatoms. The number of benzene rings is 1. The van der Waals surface area contributed by atoms with Crippen LogP contribution >= 0.6 is 0 Å². The summed E-state index contributed by atoms with van der Waals surface area (Å²) in [7, 11) is 0. The van der Waals surface area contributed by atoms with Gasteiger partial charge in [0.1, 0.15) is 17.4 Å². The molecule has 3 rings (SSSR count). The van der Waals surface area contributed by atoms with E-state index in [2.05, 4.69) is 18.3 Å². The lowest BCUT2D eigenvalue weighted by Crippen LogP contribution is -2.22. The molecule has 0 spiro atoms. The molecule has 1 aromatic heterocycles. The maximum absolute atomic E-state index is 10.0. The molecule has 0 radical (unpaired) electrons. The Balaban J connectivity index is 1.78. The number of hydrogen-bond acceptors (Lipinski definition) is 3. The average molecular weight is 231 g/mol. The van der Waals surface area contributed by atoms with Gasteiger partial charge in [0.25, 0.3) is 0 Å². The van der Waals surface area contributed by atoms with Gasteiger partial charge < -0.3 is 14.8 Å². The van der Waals surface area contributed by atoms with Crippen molar-refractivity contribution in [3.05, 3.63) is 35.6 Å². The predicted octanol–water partition coefficient (Wildman–Crippen LogP) is 2.53. The van der Waals surface area contributed by atoms with Crippen molar-refractivity contribution in [2.75, 3.05) is 6.54 Å². The van der Waals surface area contributed by atoms with E-state index < -0.39 is 6.10 Å². The normalized spacial score (nSPS) is 17.5. The van der Waals surface area contributed by atoms with E-state index in [9.17, 15) is 5.11 Å². The number of aryl methyl sites for hydroxylation is 1.